The lowest BCUT2D eigenvalue weighted by Crippen LogP contribution is -2.28. The van der Waals surface area contributed by atoms with Crippen LogP contribution in [0, 0.1) is 5.41 Å². The van der Waals surface area contributed by atoms with Crippen molar-refractivity contribution >= 4 is 23.7 Å². The summed E-state index contributed by atoms with van der Waals surface area (Å²) < 4.78 is 0. The zero-order valence-corrected chi connectivity index (χ0v) is 15.1. The van der Waals surface area contributed by atoms with E-state index in [-0.39, 0.29) is 5.91 Å². The van der Waals surface area contributed by atoms with E-state index in [2.05, 4.69) is 36.0 Å². The second kappa shape index (κ2) is 9.94. The molecular formula is C17H30N4O2. The molecule has 1 amide bonds. The number of nitrogens with two attached hydrogens (primary N) is 1. The number of aldehydes is 1. The number of aromatic nitrogens is 1. The number of hydrogen-bond donors (Lipinski definition) is 2. The lowest BCUT2D eigenvalue weighted by Gasteiger charge is -2.17. The fraction of sp³-hybridized carbons (Fsp3) is 0.588. The minimum absolute atomic E-state index is 0.154. The first kappa shape index (κ1) is 21.0. The van der Waals surface area contributed by atoms with Crippen molar-refractivity contribution in [2.24, 2.45) is 5.41 Å². The Morgan fingerprint density at radius 3 is 2.09 bits per heavy atom. The Kier molecular flexibility index (Phi) is 9.10. The maximum Gasteiger partial charge on any atom is 0.230 e. The first-order valence-corrected chi connectivity index (χ1v) is 7.94. The van der Waals surface area contributed by atoms with Gasteiger partial charge in [0.25, 0.3) is 0 Å². The van der Waals surface area contributed by atoms with E-state index in [0.29, 0.717) is 23.4 Å². The van der Waals surface area contributed by atoms with Crippen LogP contribution in [-0.4, -0.2) is 41.7 Å². The summed E-state index contributed by atoms with van der Waals surface area (Å²) in [4.78, 5) is 28.4. The first-order chi connectivity index (χ1) is 10.7. The van der Waals surface area contributed by atoms with Crippen molar-refractivity contribution in [3.8, 4) is 0 Å². The minimum Gasteiger partial charge on any atom is -0.398 e. The molecule has 1 heterocycles. The third-order valence-corrected chi connectivity index (χ3v) is 3.36. The second-order valence-electron chi connectivity index (χ2n) is 6.14. The Bertz CT molecular complexity index is 500. The van der Waals surface area contributed by atoms with Crippen LogP contribution >= 0.6 is 0 Å². The quantitative estimate of drug-likeness (QED) is 0.814. The molecule has 0 atom stereocenters. The third kappa shape index (κ3) is 7.74. The van der Waals surface area contributed by atoms with Gasteiger partial charge in [-0.25, -0.2) is 4.98 Å². The molecule has 0 saturated carbocycles. The molecule has 0 bridgehead atoms. The van der Waals surface area contributed by atoms with Crippen LogP contribution in [0.3, 0.4) is 0 Å². The van der Waals surface area contributed by atoms with Gasteiger partial charge in [0, 0.05) is 23.4 Å². The van der Waals surface area contributed by atoms with Gasteiger partial charge in [-0.1, -0.05) is 41.5 Å². The summed E-state index contributed by atoms with van der Waals surface area (Å²) in [6.45, 7) is 15.5. The first-order valence-electron chi connectivity index (χ1n) is 7.94. The lowest BCUT2D eigenvalue weighted by molar-refractivity contribution is -0.123. The van der Waals surface area contributed by atoms with Gasteiger partial charge in [0.2, 0.25) is 5.91 Å². The van der Waals surface area contributed by atoms with Gasteiger partial charge in [-0.3, -0.25) is 9.59 Å². The number of hydrogen-bond acceptors (Lipinski definition) is 5. The maximum atomic E-state index is 11.6. The number of pyridine rings is 1. The van der Waals surface area contributed by atoms with Crippen LogP contribution in [0.2, 0.25) is 0 Å². The summed E-state index contributed by atoms with van der Waals surface area (Å²) in [5.41, 5.74) is 5.71. The average molecular weight is 322 g/mol. The molecule has 1 rings (SSSR count). The van der Waals surface area contributed by atoms with Gasteiger partial charge in [0.05, 0.1) is 5.56 Å². The Morgan fingerprint density at radius 1 is 1.26 bits per heavy atom. The lowest BCUT2D eigenvalue weighted by atomic mass is 9.96. The molecule has 130 valence electrons. The van der Waals surface area contributed by atoms with Crippen LogP contribution in [0.15, 0.2) is 12.3 Å². The fourth-order valence-corrected chi connectivity index (χ4v) is 1.62. The summed E-state index contributed by atoms with van der Waals surface area (Å²) in [6.07, 6.45) is 1.96. The normalized spacial score (nSPS) is 10.7. The Balaban J connectivity index is 0.000000585. The van der Waals surface area contributed by atoms with E-state index in [1.165, 1.54) is 31.9 Å². The number of amides is 1. The Labute approximate surface area is 139 Å². The summed E-state index contributed by atoms with van der Waals surface area (Å²) >= 11 is 0. The highest BCUT2D eigenvalue weighted by Crippen LogP contribution is 2.18. The molecule has 1 aromatic heterocycles. The predicted octanol–water partition coefficient (Wildman–Crippen LogP) is 2.81. The van der Waals surface area contributed by atoms with Gasteiger partial charge >= 0.3 is 0 Å². The maximum absolute atomic E-state index is 11.6. The largest absolute Gasteiger partial charge is 0.398 e. The molecule has 6 heteroatoms. The van der Waals surface area contributed by atoms with Crippen molar-refractivity contribution in [3.05, 3.63) is 17.8 Å². The minimum atomic E-state index is -0.500. The zero-order valence-electron chi connectivity index (χ0n) is 15.1. The smallest absolute Gasteiger partial charge is 0.230 e. The summed E-state index contributed by atoms with van der Waals surface area (Å²) in [5.74, 6) is 0.196. The number of nitrogens with zero attached hydrogens (tertiary/aromatic N) is 2. The molecule has 3 N–H and O–H groups in total. The van der Waals surface area contributed by atoms with E-state index < -0.39 is 5.41 Å². The molecule has 0 unspecified atom stereocenters. The molecule has 0 radical (unpaired) electrons. The van der Waals surface area contributed by atoms with Crippen molar-refractivity contribution < 1.29 is 9.59 Å². The zero-order chi connectivity index (χ0) is 18.0. The van der Waals surface area contributed by atoms with Crippen molar-refractivity contribution in [1.29, 1.82) is 0 Å². The number of nitrogen functional groups attached to an aromatic ring is 1. The van der Waals surface area contributed by atoms with Crippen LogP contribution in [0.4, 0.5) is 11.5 Å². The number of anilines is 2. The molecule has 6 nitrogen and oxygen atoms in total. The van der Waals surface area contributed by atoms with Gasteiger partial charge in [-0.15, -0.1) is 0 Å². The number of carbonyl (C=O) groups excluding carboxylic acids is 2. The van der Waals surface area contributed by atoms with Crippen molar-refractivity contribution in [2.75, 3.05) is 30.7 Å². The molecule has 0 aliphatic carbocycles. The van der Waals surface area contributed by atoms with E-state index in [1.54, 1.807) is 20.8 Å². The fourth-order valence-electron chi connectivity index (χ4n) is 1.62. The third-order valence-electron chi connectivity index (χ3n) is 3.36. The van der Waals surface area contributed by atoms with Crippen molar-refractivity contribution in [2.45, 2.75) is 41.5 Å². The highest BCUT2D eigenvalue weighted by atomic mass is 16.2. The molecule has 0 aliphatic heterocycles. The summed E-state index contributed by atoms with van der Waals surface area (Å²) in [7, 11) is 0. The van der Waals surface area contributed by atoms with Crippen LogP contribution in [0.5, 0.6) is 0 Å². The molecule has 0 aromatic carbocycles. The van der Waals surface area contributed by atoms with Crippen LogP contribution in [0.25, 0.3) is 0 Å². The van der Waals surface area contributed by atoms with Gasteiger partial charge in [-0.2, -0.15) is 0 Å². The average Bonchev–Trinajstić information content (AvgIpc) is 2.49. The molecule has 0 fully saturated rings. The Hall–Kier alpha value is -1.95. The standard InChI is InChI=1S/C11H15N3O2.C6H15N/c1-11(2,3)10(16)14-9-4-8(12)7(6-15)5-13-9;1-4-7(5-2)6-3/h4-6H,1-3H3,(H3,12,13,14,16);4-6H2,1-3H3. The van der Waals surface area contributed by atoms with Crippen molar-refractivity contribution in [3.63, 3.8) is 0 Å². The van der Waals surface area contributed by atoms with E-state index >= 15 is 0 Å². The van der Waals surface area contributed by atoms with Gasteiger partial charge in [0.15, 0.2) is 6.29 Å². The molecular weight excluding hydrogens is 292 g/mol. The Morgan fingerprint density at radius 2 is 1.78 bits per heavy atom. The van der Waals surface area contributed by atoms with E-state index in [4.69, 9.17) is 5.73 Å². The van der Waals surface area contributed by atoms with Crippen LogP contribution in [0.1, 0.15) is 51.9 Å². The van der Waals surface area contributed by atoms with Crippen molar-refractivity contribution in [1.82, 2.24) is 9.88 Å². The number of carbonyl (C=O) groups is 2. The molecule has 0 saturated heterocycles. The second-order valence-corrected chi connectivity index (χ2v) is 6.14. The van der Waals surface area contributed by atoms with E-state index in [1.807, 2.05) is 0 Å². The van der Waals surface area contributed by atoms with Gasteiger partial charge < -0.3 is 16.0 Å². The van der Waals surface area contributed by atoms with Gasteiger partial charge in [-0.05, 0) is 19.6 Å². The number of rotatable bonds is 5. The summed E-state index contributed by atoms with van der Waals surface area (Å²) in [5, 5.41) is 2.63. The van der Waals surface area contributed by atoms with Crippen LogP contribution in [-0.2, 0) is 4.79 Å². The highest BCUT2D eigenvalue weighted by Gasteiger charge is 2.21. The van der Waals surface area contributed by atoms with Crippen LogP contribution < -0.4 is 11.1 Å². The molecule has 1 aromatic rings. The number of nitrogens with one attached hydrogen (secondary N) is 1. The molecule has 23 heavy (non-hydrogen) atoms. The SMILES string of the molecule is CC(C)(C)C(=O)Nc1cc(N)c(C=O)cn1.CCN(CC)CC. The predicted molar refractivity (Wildman–Crippen MR) is 95.6 cm³/mol. The van der Waals surface area contributed by atoms with E-state index in [9.17, 15) is 9.59 Å². The van der Waals surface area contributed by atoms with Gasteiger partial charge in [0.1, 0.15) is 5.82 Å². The summed E-state index contributed by atoms with van der Waals surface area (Å²) in [6, 6.07) is 1.47. The molecule has 0 spiro atoms. The monoisotopic (exact) mass is 322 g/mol. The highest BCUT2D eigenvalue weighted by molar-refractivity contribution is 5.94. The topological polar surface area (TPSA) is 88.3 Å². The molecule has 0 aliphatic rings. The van der Waals surface area contributed by atoms with E-state index in [0.717, 1.165) is 0 Å².